The lowest BCUT2D eigenvalue weighted by atomic mass is 10.2. The van der Waals surface area contributed by atoms with Crippen LogP contribution in [-0.4, -0.2) is 85.8 Å². The molecule has 0 aliphatic rings. The molecule has 12 nitrogen and oxygen atoms in total. The lowest BCUT2D eigenvalue weighted by Gasteiger charge is -2.11. The molecule has 0 fully saturated rings. The number of H-pyrrole nitrogens is 1. The van der Waals surface area contributed by atoms with E-state index in [0.717, 1.165) is 18.8 Å². The lowest BCUT2D eigenvalue weighted by Crippen LogP contribution is -2.28. The summed E-state index contributed by atoms with van der Waals surface area (Å²) in [5, 5.41) is 14.2. The highest BCUT2D eigenvalue weighted by Crippen LogP contribution is 2.10. The molecule has 0 aliphatic heterocycles. The van der Waals surface area contributed by atoms with E-state index in [-0.39, 0.29) is 29.1 Å². The highest BCUT2D eigenvalue weighted by Gasteiger charge is 2.04. The largest absolute Gasteiger partial charge is 0.308 e. The summed E-state index contributed by atoms with van der Waals surface area (Å²) in [5.74, 6) is 0. The molecule has 0 saturated carbocycles. The first kappa shape index (κ1) is 35.0. The van der Waals surface area contributed by atoms with Crippen LogP contribution in [-0.2, 0) is 13.1 Å². The van der Waals surface area contributed by atoms with Crippen LogP contribution in [0.5, 0.6) is 0 Å². The Balaban J connectivity index is 0.000000319. The standard InChI is InChI=1S/C13H16N4O.C8H12BrN3O.C4H3BrN2O.ClH/c1-16(2)9-10-17-13(18)7-6-12(15-17)11-5-3-4-8-14-11;1-11(2)5-6-12-8(13)4-3-7(9)10-12;5-3-1-2-4(8)7-6-3;/h3-8H,9-10H2,1-2H3;3-4H,5-6H2,1-2H3;1-2H,(H,7,8);1H. The number of nitrogens with zero attached hydrogens (tertiary/aromatic N) is 8. The van der Waals surface area contributed by atoms with Crippen LogP contribution in [0.15, 0.2) is 84.4 Å². The number of aromatic nitrogens is 7. The summed E-state index contributed by atoms with van der Waals surface area (Å²) in [7, 11) is 7.85. The normalized spacial score (nSPS) is 10.2. The van der Waals surface area contributed by atoms with Gasteiger partial charge < -0.3 is 9.80 Å². The summed E-state index contributed by atoms with van der Waals surface area (Å²) in [6.45, 7) is 2.78. The van der Waals surface area contributed by atoms with Gasteiger partial charge in [-0.3, -0.25) is 19.4 Å². The quantitative estimate of drug-likeness (QED) is 0.308. The van der Waals surface area contributed by atoms with Crippen LogP contribution < -0.4 is 16.7 Å². The molecular weight excluding hydrogens is 670 g/mol. The van der Waals surface area contributed by atoms with E-state index in [4.69, 9.17) is 0 Å². The Bertz CT molecular complexity index is 1460. The third kappa shape index (κ3) is 13.3. The summed E-state index contributed by atoms with van der Waals surface area (Å²) in [5.41, 5.74) is 1.15. The van der Waals surface area contributed by atoms with Crippen molar-refractivity contribution in [2.75, 3.05) is 41.3 Å². The van der Waals surface area contributed by atoms with Gasteiger partial charge in [0.05, 0.1) is 18.8 Å². The van der Waals surface area contributed by atoms with Gasteiger partial charge in [-0.05, 0) is 90.4 Å². The van der Waals surface area contributed by atoms with Gasteiger partial charge in [0.1, 0.15) is 14.9 Å². The molecule has 216 valence electrons. The summed E-state index contributed by atoms with van der Waals surface area (Å²) < 4.78 is 4.25. The fourth-order valence-electron chi connectivity index (χ4n) is 2.76. The monoisotopic (exact) mass is 699 g/mol. The van der Waals surface area contributed by atoms with Crippen molar-refractivity contribution in [3.63, 3.8) is 0 Å². The average Bonchev–Trinajstić information content (AvgIpc) is 2.91. The molecule has 4 heterocycles. The Morgan fingerprint density at radius 1 is 0.725 bits per heavy atom. The van der Waals surface area contributed by atoms with Crippen molar-refractivity contribution in [1.29, 1.82) is 0 Å². The number of likely N-dealkylation sites (N-methyl/N-ethyl adjacent to an activating group) is 2. The number of rotatable bonds is 7. The smallest absolute Gasteiger partial charge is 0.266 e. The number of nitrogens with one attached hydrogen (secondary N) is 1. The number of hydrogen-bond donors (Lipinski definition) is 1. The second kappa shape index (κ2) is 18.3. The topological polar surface area (TPSA) is 135 Å². The molecule has 0 unspecified atom stereocenters. The fraction of sp³-hybridized carbons (Fsp3) is 0.320. The van der Waals surface area contributed by atoms with Gasteiger partial charge in [0.15, 0.2) is 0 Å². The lowest BCUT2D eigenvalue weighted by molar-refractivity contribution is 0.367. The number of pyridine rings is 1. The third-order valence-electron chi connectivity index (χ3n) is 4.79. The molecule has 0 atom stereocenters. The molecule has 0 saturated heterocycles. The van der Waals surface area contributed by atoms with Gasteiger partial charge in [-0.25, -0.2) is 14.5 Å². The van der Waals surface area contributed by atoms with Gasteiger partial charge in [-0.15, -0.1) is 12.4 Å². The van der Waals surface area contributed by atoms with Crippen LogP contribution in [0.3, 0.4) is 0 Å². The second-order valence-electron chi connectivity index (χ2n) is 8.56. The second-order valence-corrected chi connectivity index (χ2v) is 10.2. The Hall–Kier alpha value is -3.04. The van der Waals surface area contributed by atoms with E-state index in [1.165, 1.54) is 27.6 Å². The van der Waals surface area contributed by atoms with Gasteiger partial charge in [0.2, 0.25) is 0 Å². The Kier molecular flexibility index (Phi) is 16.0. The van der Waals surface area contributed by atoms with Crippen molar-refractivity contribution < 1.29 is 0 Å². The zero-order chi connectivity index (χ0) is 28.8. The maximum Gasteiger partial charge on any atom is 0.266 e. The van der Waals surface area contributed by atoms with E-state index < -0.39 is 0 Å². The predicted octanol–water partition coefficient (Wildman–Crippen LogP) is 2.39. The van der Waals surface area contributed by atoms with Crippen molar-refractivity contribution in [2.24, 2.45) is 0 Å². The van der Waals surface area contributed by atoms with Crippen molar-refractivity contribution in [3.05, 3.63) is 101 Å². The van der Waals surface area contributed by atoms with E-state index >= 15 is 0 Å². The van der Waals surface area contributed by atoms with Crippen LogP contribution in [0.25, 0.3) is 11.4 Å². The maximum absolute atomic E-state index is 11.7. The maximum atomic E-state index is 11.7. The molecule has 0 radical (unpaired) electrons. The van der Waals surface area contributed by atoms with Gasteiger partial charge in [-0.1, -0.05) is 6.07 Å². The minimum absolute atomic E-state index is 0. The van der Waals surface area contributed by atoms with E-state index in [9.17, 15) is 14.4 Å². The van der Waals surface area contributed by atoms with Crippen molar-refractivity contribution in [3.8, 4) is 11.4 Å². The SMILES string of the molecule is CN(C)CCn1nc(-c2ccccn2)ccc1=O.CN(C)CCn1nc(Br)ccc1=O.Cl.O=c1ccc(Br)n[nH]1. The Labute approximate surface area is 254 Å². The molecular formula is C25H32Br2ClN9O3. The Morgan fingerprint density at radius 3 is 1.80 bits per heavy atom. The Morgan fingerprint density at radius 2 is 1.30 bits per heavy atom. The third-order valence-corrected chi connectivity index (χ3v) is 5.66. The molecule has 4 rings (SSSR count). The molecule has 0 bridgehead atoms. The highest BCUT2D eigenvalue weighted by atomic mass is 79.9. The van der Waals surface area contributed by atoms with Crippen LogP contribution >= 0.6 is 44.3 Å². The van der Waals surface area contributed by atoms with E-state index in [1.54, 1.807) is 24.4 Å². The molecule has 1 N–H and O–H groups in total. The van der Waals surface area contributed by atoms with Gasteiger partial charge in [0, 0.05) is 37.5 Å². The molecule has 0 spiro atoms. The number of aromatic amines is 1. The summed E-state index contributed by atoms with van der Waals surface area (Å²) in [6.07, 6.45) is 1.71. The number of hydrogen-bond acceptors (Lipinski definition) is 9. The molecule has 0 aliphatic carbocycles. The van der Waals surface area contributed by atoms with Crippen LogP contribution in [0, 0.1) is 0 Å². The van der Waals surface area contributed by atoms with Crippen LogP contribution in [0.1, 0.15) is 0 Å². The van der Waals surface area contributed by atoms with Crippen molar-refractivity contribution >= 4 is 44.3 Å². The van der Waals surface area contributed by atoms with Crippen LogP contribution in [0.4, 0.5) is 0 Å². The molecule has 4 aromatic heterocycles. The average molecular weight is 702 g/mol. The first-order chi connectivity index (χ1) is 18.5. The van der Waals surface area contributed by atoms with E-state index in [0.29, 0.717) is 28.0 Å². The molecule has 4 aromatic rings. The van der Waals surface area contributed by atoms with Crippen LogP contribution in [0.2, 0.25) is 0 Å². The fourth-order valence-corrected chi connectivity index (χ4v) is 3.31. The van der Waals surface area contributed by atoms with E-state index in [1.807, 2.05) is 56.2 Å². The minimum Gasteiger partial charge on any atom is -0.308 e. The van der Waals surface area contributed by atoms with Gasteiger partial charge in [-0.2, -0.15) is 15.3 Å². The predicted molar refractivity (Wildman–Crippen MR) is 165 cm³/mol. The zero-order valence-electron chi connectivity index (χ0n) is 22.6. The molecule has 40 heavy (non-hydrogen) atoms. The molecule has 0 aromatic carbocycles. The summed E-state index contributed by atoms with van der Waals surface area (Å²) in [6, 6.07) is 15.0. The van der Waals surface area contributed by atoms with Crippen molar-refractivity contribution in [1.82, 2.24) is 44.5 Å². The summed E-state index contributed by atoms with van der Waals surface area (Å²) in [4.78, 5) is 41.5. The summed E-state index contributed by atoms with van der Waals surface area (Å²) >= 11 is 6.28. The number of halogens is 3. The van der Waals surface area contributed by atoms with Gasteiger partial charge >= 0.3 is 0 Å². The highest BCUT2D eigenvalue weighted by molar-refractivity contribution is 9.10. The first-order valence-electron chi connectivity index (χ1n) is 11.8. The molecule has 0 amide bonds. The van der Waals surface area contributed by atoms with Gasteiger partial charge in [0.25, 0.3) is 16.7 Å². The zero-order valence-corrected chi connectivity index (χ0v) is 26.6. The molecule has 15 heteroatoms. The van der Waals surface area contributed by atoms with E-state index in [2.05, 4.69) is 57.2 Å². The minimum atomic E-state index is -0.187. The first-order valence-corrected chi connectivity index (χ1v) is 13.4. The van der Waals surface area contributed by atoms with Crippen molar-refractivity contribution in [2.45, 2.75) is 13.1 Å².